The van der Waals surface area contributed by atoms with Gasteiger partial charge < -0.3 is 9.47 Å². The maximum atomic E-state index is 13.5. The highest BCUT2D eigenvalue weighted by atomic mass is 19.1. The Morgan fingerprint density at radius 1 is 1.05 bits per heavy atom. The third kappa shape index (κ3) is 2.88. The third-order valence-electron chi connectivity index (χ3n) is 2.41. The van der Waals surface area contributed by atoms with Crippen LogP contribution in [0.4, 0.5) is 8.78 Å². The summed E-state index contributed by atoms with van der Waals surface area (Å²) >= 11 is 0. The van der Waals surface area contributed by atoms with Crippen molar-refractivity contribution in [2.75, 3.05) is 7.11 Å². The summed E-state index contributed by atoms with van der Waals surface area (Å²) in [6.07, 6.45) is 0. The van der Waals surface area contributed by atoms with E-state index in [0.29, 0.717) is 6.07 Å². The topological polar surface area (TPSA) is 35.5 Å². The molecule has 0 radical (unpaired) electrons. The summed E-state index contributed by atoms with van der Waals surface area (Å²) in [5.41, 5.74) is 0.161. The van der Waals surface area contributed by atoms with Crippen LogP contribution in [0.1, 0.15) is 10.4 Å². The first-order valence-corrected chi connectivity index (χ1v) is 5.42. The lowest BCUT2D eigenvalue weighted by molar-refractivity contribution is 0.0598. The number of hydrogen-bond donors (Lipinski definition) is 0. The Labute approximate surface area is 108 Å². The Bertz CT molecular complexity index is 611. The number of carbonyl (C=O) groups excluding carboxylic acids is 1. The van der Waals surface area contributed by atoms with Crippen molar-refractivity contribution >= 4 is 5.97 Å². The molecule has 0 aliphatic rings. The lowest BCUT2D eigenvalue weighted by Gasteiger charge is -2.10. The van der Waals surface area contributed by atoms with Crippen LogP contribution < -0.4 is 4.74 Å². The lowest BCUT2D eigenvalue weighted by Crippen LogP contribution is -2.03. The number of ether oxygens (including phenoxy) is 2. The highest BCUT2D eigenvalue weighted by Gasteiger charge is 2.14. The minimum Gasteiger partial charge on any atom is -0.465 e. The van der Waals surface area contributed by atoms with Gasteiger partial charge in [-0.15, -0.1) is 0 Å². The summed E-state index contributed by atoms with van der Waals surface area (Å²) in [6.45, 7) is 0. The molecule has 0 atom stereocenters. The highest BCUT2D eigenvalue weighted by Crippen LogP contribution is 2.28. The van der Waals surface area contributed by atoms with Crippen molar-refractivity contribution in [2.45, 2.75) is 0 Å². The van der Waals surface area contributed by atoms with E-state index < -0.39 is 17.6 Å². The number of benzene rings is 2. The Kier molecular flexibility index (Phi) is 3.75. The maximum absolute atomic E-state index is 13.5. The van der Waals surface area contributed by atoms with Crippen LogP contribution in [0.2, 0.25) is 0 Å². The summed E-state index contributed by atoms with van der Waals surface area (Å²) in [5.74, 6) is -2.18. The summed E-state index contributed by atoms with van der Waals surface area (Å²) in [7, 11) is 1.23. The van der Waals surface area contributed by atoms with Crippen molar-refractivity contribution in [3.63, 3.8) is 0 Å². The first kappa shape index (κ1) is 13.0. The van der Waals surface area contributed by atoms with Crippen LogP contribution in [0, 0.1) is 11.6 Å². The smallest absolute Gasteiger partial charge is 0.341 e. The van der Waals surface area contributed by atoms with Gasteiger partial charge >= 0.3 is 5.97 Å². The largest absolute Gasteiger partial charge is 0.465 e. The molecular weight excluding hydrogens is 254 g/mol. The molecule has 0 N–H and O–H groups in total. The van der Waals surface area contributed by atoms with Crippen molar-refractivity contribution in [3.8, 4) is 11.5 Å². The van der Waals surface area contributed by atoms with Gasteiger partial charge in [0.1, 0.15) is 17.1 Å². The zero-order chi connectivity index (χ0) is 13.8. The molecule has 0 fully saturated rings. The zero-order valence-electron chi connectivity index (χ0n) is 10.0. The molecule has 0 bridgehead atoms. The summed E-state index contributed by atoms with van der Waals surface area (Å²) in [6, 6.07) is 9.16. The van der Waals surface area contributed by atoms with E-state index in [4.69, 9.17) is 4.74 Å². The molecule has 3 nitrogen and oxygen atoms in total. The molecule has 2 aromatic rings. The maximum Gasteiger partial charge on any atom is 0.341 e. The normalized spacial score (nSPS) is 10.1. The SMILES string of the molecule is COC(=O)c1ccccc1Oc1ccc(F)cc1F. The third-order valence-corrected chi connectivity index (χ3v) is 2.41. The zero-order valence-corrected chi connectivity index (χ0v) is 10.0. The van der Waals surface area contributed by atoms with Crippen LogP contribution >= 0.6 is 0 Å². The van der Waals surface area contributed by atoms with Crippen molar-refractivity contribution in [1.82, 2.24) is 0 Å². The molecule has 0 aliphatic carbocycles. The Balaban J connectivity index is 2.35. The number of methoxy groups -OCH3 is 1. The Hall–Kier alpha value is -2.43. The Morgan fingerprint density at radius 2 is 1.79 bits per heavy atom. The number of esters is 1. The minimum absolute atomic E-state index is 0.139. The van der Waals surface area contributed by atoms with Crippen LogP contribution in [0.5, 0.6) is 11.5 Å². The molecule has 98 valence electrons. The number of carbonyl (C=O) groups is 1. The van der Waals surface area contributed by atoms with Gasteiger partial charge in [-0.05, 0) is 24.3 Å². The summed E-state index contributed by atoms with van der Waals surface area (Å²) in [5, 5.41) is 0. The van der Waals surface area contributed by atoms with Crippen LogP contribution in [-0.4, -0.2) is 13.1 Å². The average molecular weight is 264 g/mol. The summed E-state index contributed by atoms with van der Waals surface area (Å²) in [4.78, 5) is 11.5. The second-order valence-corrected chi connectivity index (χ2v) is 3.66. The van der Waals surface area contributed by atoms with Gasteiger partial charge in [0, 0.05) is 6.07 Å². The monoisotopic (exact) mass is 264 g/mol. The van der Waals surface area contributed by atoms with Gasteiger partial charge in [-0.1, -0.05) is 12.1 Å². The predicted octanol–water partition coefficient (Wildman–Crippen LogP) is 3.54. The molecule has 0 amide bonds. The van der Waals surface area contributed by atoms with Crippen molar-refractivity contribution < 1.29 is 23.0 Å². The first-order valence-electron chi connectivity index (χ1n) is 5.42. The molecule has 0 saturated carbocycles. The van der Waals surface area contributed by atoms with E-state index in [0.717, 1.165) is 12.1 Å². The first-order chi connectivity index (χ1) is 9.11. The van der Waals surface area contributed by atoms with Crippen molar-refractivity contribution in [1.29, 1.82) is 0 Å². The van der Waals surface area contributed by atoms with E-state index in [-0.39, 0.29) is 17.1 Å². The number of rotatable bonds is 3. The van der Waals surface area contributed by atoms with E-state index in [9.17, 15) is 13.6 Å². The van der Waals surface area contributed by atoms with Crippen molar-refractivity contribution in [2.24, 2.45) is 0 Å². The lowest BCUT2D eigenvalue weighted by atomic mass is 10.2. The van der Waals surface area contributed by atoms with E-state index in [1.807, 2.05) is 0 Å². The fourth-order valence-corrected chi connectivity index (χ4v) is 1.51. The number of hydrogen-bond acceptors (Lipinski definition) is 3. The van der Waals surface area contributed by atoms with Gasteiger partial charge in [-0.2, -0.15) is 0 Å². The van der Waals surface area contributed by atoms with Gasteiger partial charge in [0.15, 0.2) is 11.6 Å². The molecule has 0 unspecified atom stereocenters. The molecule has 2 rings (SSSR count). The van der Waals surface area contributed by atoms with E-state index >= 15 is 0 Å². The fraction of sp³-hybridized carbons (Fsp3) is 0.0714. The molecule has 19 heavy (non-hydrogen) atoms. The Morgan fingerprint density at radius 3 is 2.47 bits per heavy atom. The molecule has 0 saturated heterocycles. The van der Waals surface area contributed by atoms with Crippen LogP contribution in [-0.2, 0) is 4.74 Å². The van der Waals surface area contributed by atoms with Gasteiger partial charge in [0.05, 0.1) is 7.11 Å². The van der Waals surface area contributed by atoms with Gasteiger partial charge in [-0.3, -0.25) is 0 Å². The van der Waals surface area contributed by atoms with Crippen LogP contribution in [0.25, 0.3) is 0 Å². The molecule has 0 heterocycles. The van der Waals surface area contributed by atoms with Crippen LogP contribution in [0.3, 0.4) is 0 Å². The predicted molar refractivity (Wildman–Crippen MR) is 64.2 cm³/mol. The summed E-state index contributed by atoms with van der Waals surface area (Å²) < 4.78 is 36.1. The molecule has 5 heteroatoms. The second kappa shape index (κ2) is 5.48. The number of halogens is 2. The molecular formula is C14H10F2O3. The number of para-hydroxylation sites is 1. The minimum atomic E-state index is -0.848. The molecule has 2 aromatic carbocycles. The standard InChI is InChI=1S/C14H10F2O3/c1-18-14(17)10-4-2-3-5-12(10)19-13-7-6-9(15)8-11(13)16/h2-8H,1H3. The quantitative estimate of drug-likeness (QED) is 0.795. The fourth-order valence-electron chi connectivity index (χ4n) is 1.51. The van der Waals surface area contributed by atoms with E-state index in [1.165, 1.54) is 19.2 Å². The highest BCUT2D eigenvalue weighted by molar-refractivity contribution is 5.92. The molecule has 0 spiro atoms. The van der Waals surface area contributed by atoms with Gasteiger partial charge in [0.25, 0.3) is 0 Å². The van der Waals surface area contributed by atoms with Gasteiger partial charge in [0.2, 0.25) is 0 Å². The average Bonchev–Trinajstić information content (AvgIpc) is 2.41. The molecule has 0 aliphatic heterocycles. The second-order valence-electron chi connectivity index (χ2n) is 3.66. The van der Waals surface area contributed by atoms with Crippen molar-refractivity contribution in [3.05, 3.63) is 59.7 Å². The van der Waals surface area contributed by atoms with Crippen LogP contribution in [0.15, 0.2) is 42.5 Å². The van der Waals surface area contributed by atoms with Gasteiger partial charge in [-0.25, -0.2) is 13.6 Å². The van der Waals surface area contributed by atoms with E-state index in [1.54, 1.807) is 12.1 Å². The van der Waals surface area contributed by atoms with E-state index in [2.05, 4.69) is 4.74 Å². The molecule has 0 aromatic heterocycles.